The summed E-state index contributed by atoms with van der Waals surface area (Å²) in [6.07, 6.45) is -0.464. The van der Waals surface area contributed by atoms with Crippen molar-refractivity contribution in [3.8, 4) is 0 Å². The van der Waals surface area contributed by atoms with Crippen molar-refractivity contribution in [1.82, 2.24) is 0 Å². The van der Waals surface area contributed by atoms with Crippen LogP contribution >= 0.6 is 22.6 Å². The highest BCUT2D eigenvalue weighted by atomic mass is 127. The first-order valence-corrected chi connectivity index (χ1v) is 7.73. The lowest BCUT2D eigenvalue weighted by Gasteiger charge is -2.39. The predicted octanol–water partition coefficient (Wildman–Crippen LogP) is 1.82. The highest BCUT2D eigenvalue weighted by Crippen LogP contribution is 2.47. The molecule has 104 valence electrons. The molecular weight excluding hydrogens is 351 g/mol. The molecule has 6 heteroatoms. The van der Waals surface area contributed by atoms with Crippen LogP contribution in [-0.2, 0) is 23.7 Å². The molecule has 0 saturated carbocycles. The third kappa shape index (κ3) is 2.01. The van der Waals surface area contributed by atoms with Crippen molar-refractivity contribution in [2.45, 2.75) is 63.4 Å². The third-order valence-corrected chi connectivity index (χ3v) is 4.52. The van der Waals surface area contributed by atoms with E-state index in [0.717, 1.165) is 0 Å². The summed E-state index contributed by atoms with van der Waals surface area (Å²) < 4.78 is 30.4. The summed E-state index contributed by atoms with van der Waals surface area (Å²) in [6.45, 7) is 8.11. The Hall–Kier alpha value is 0.530. The number of hydrogen-bond donors (Lipinski definition) is 0. The topological polar surface area (TPSA) is 46.2 Å². The van der Waals surface area contributed by atoms with Crippen LogP contribution in [0.5, 0.6) is 0 Å². The predicted molar refractivity (Wildman–Crippen MR) is 71.4 cm³/mol. The number of fused-ring (bicyclic) bond motifs is 3. The largest absolute Gasteiger partial charge is 0.344 e. The van der Waals surface area contributed by atoms with Crippen LogP contribution in [0, 0.1) is 0 Å². The molecule has 3 rings (SSSR count). The van der Waals surface area contributed by atoms with Crippen LogP contribution in [0.4, 0.5) is 0 Å². The van der Waals surface area contributed by atoms with Gasteiger partial charge in [0.15, 0.2) is 11.6 Å². The SMILES string of the molecule is CC1(C)O[C@@H]2[C@@H](CO[C@@]3(CI)OC(C)(C)O[C@@H]23)O1. The summed E-state index contributed by atoms with van der Waals surface area (Å²) in [5.41, 5.74) is 0. The molecule has 0 aromatic heterocycles. The molecule has 0 radical (unpaired) electrons. The molecule has 18 heavy (non-hydrogen) atoms. The van der Waals surface area contributed by atoms with E-state index >= 15 is 0 Å². The van der Waals surface area contributed by atoms with Gasteiger partial charge < -0.3 is 23.7 Å². The Bertz CT molecular complexity index is 358. The quantitative estimate of drug-likeness (QED) is 0.521. The summed E-state index contributed by atoms with van der Waals surface area (Å²) in [5, 5.41) is 0. The normalized spacial score (nSPS) is 48.8. The van der Waals surface area contributed by atoms with Gasteiger partial charge in [-0.15, -0.1) is 0 Å². The standard InChI is InChI=1S/C12H19IO5/c1-10(2)15-7-5-14-12(6-13)9(8(7)16-10)17-11(3,4)18-12/h7-9H,5-6H2,1-4H3/t7-,8-,9+,12+/m1/s1. The van der Waals surface area contributed by atoms with Gasteiger partial charge in [0.25, 0.3) is 0 Å². The van der Waals surface area contributed by atoms with Gasteiger partial charge in [0.05, 0.1) is 11.0 Å². The molecule has 0 amide bonds. The van der Waals surface area contributed by atoms with Gasteiger partial charge in [0.2, 0.25) is 5.79 Å². The van der Waals surface area contributed by atoms with Gasteiger partial charge in [-0.05, 0) is 27.7 Å². The second-order valence-corrected chi connectivity index (χ2v) is 6.70. The number of hydrogen-bond acceptors (Lipinski definition) is 5. The van der Waals surface area contributed by atoms with Gasteiger partial charge in [0.1, 0.15) is 18.3 Å². The van der Waals surface area contributed by atoms with Crippen molar-refractivity contribution in [2.75, 3.05) is 11.0 Å². The first kappa shape index (κ1) is 13.5. The zero-order chi connectivity index (χ0) is 13.2. The number of ether oxygens (including phenoxy) is 5. The van der Waals surface area contributed by atoms with E-state index in [-0.39, 0.29) is 18.3 Å². The maximum absolute atomic E-state index is 6.00. The summed E-state index contributed by atoms with van der Waals surface area (Å²) in [5.74, 6) is -1.95. The lowest BCUT2D eigenvalue weighted by Crippen LogP contribution is -2.59. The molecule has 3 aliphatic rings. The zero-order valence-electron chi connectivity index (χ0n) is 11.1. The Morgan fingerprint density at radius 1 is 1.06 bits per heavy atom. The fourth-order valence-corrected chi connectivity index (χ4v) is 3.75. The van der Waals surface area contributed by atoms with Gasteiger partial charge >= 0.3 is 0 Å². The Balaban J connectivity index is 1.90. The van der Waals surface area contributed by atoms with E-state index in [2.05, 4.69) is 22.6 Å². The van der Waals surface area contributed by atoms with Crippen molar-refractivity contribution < 1.29 is 23.7 Å². The molecule has 3 aliphatic heterocycles. The highest BCUT2D eigenvalue weighted by Gasteiger charge is 2.64. The highest BCUT2D eigenvalue weighted by molar-refractivity contribution is 14.1. The molecule has 4 atom stereocenters. The molecule has 0 aliphatic carbocycles. The lowest BCUT2D eigenvalue weighted by molar-refractivity contribution is -0.266. The Labute approximate surface area is 121 Å². The van der Waals surface area contributed by atoms with E-state index in [9.17, 15) is 0 Å². The van der Waals surface area contributed by atoms with Crippen LogP contribution < -0.4 is 0 Å². The summed E-state index contributed by atoms with van der Waals surface area (Å²) >= 11 is 2.27. The molecule has 3 heterocycles. The Kier molecular flexibility index (Phi) is 3.02. The van der Waals surface area contributed by atoms with Crippen LogP contribution in [0.3, 0.4) is 0 Å². The summed E-state index contributed by atoms with van der Waals surface area (Å²) in [4.78, 5) is 0. The first-order valence-electron chi connectivity index (χ1n) is 6.20. The van der Waals surface area contributed by atoms with Gasteiger partial charge in [-0.2, -0.15) is 0 Å². The first-order chi connectivity index (χ1) is 8.27. The molecule has 3 saturated heterocycles. The van der Waals surface area contributed by atoms with Gasteiger partial charge in [-0.3, -0.25) is 0 Å². The minimum Gasteiger partial charge on any atom is -0.344 e. The van der Waals surface area contributed by atoms with E-state index < -0.39 is 17.4 Å². The molecule has 3 fully saturated rings. The van der Waals surface area contributed by atoms with Crippen LogP contribution in [0.15, 0.2) is 0 Å². The van der Waals surface area contributed by atoms with Crippen molar-refractivity contribution >= 4 is 22.6 Å². The second-order valence-electron chi connectivity index (χ2n) is 5.94. The second kappa shape index (κ2) is 4.02. The monoisotopic (exact) mass is 370 g/mol. The van der Waals surface area contributed by atoms with Crippen LogP contribution in [0.2, 0.25) is 0 Å². The van der Waals surface area contributed by atoms with E-state index in [1.54, 1.807) is 0 Å². The molecule has 5 nitrogen and oxygen atoms in total. The van der Waals surface area contributed by atoms with E-state index in [1.165, 1.54) is 0 Å². The third-order valence-electron chi connectivity index (χ3n) is 3.46. The average molecular weight is 370 g/mol. The molecule has 0 N–H and O–H groups in total. The maximum Gasteiger partial charge on any atom is 0.209 e. The van der Waals surface area contributed by atoms with Gasteiger partial charge in [-0.1, -0.05) is 22.6 Å². The lowest BCUT2D eigenvalue weighted by atomic mass is 9.98. The molecule has 0 aromatic carbocycles. The van der Waals surface area contributed by atoms with Crippen molar-refractivity contribution in [2.24, 2.45) is 0 Å². The van der Waals surface area contributed by atoms with Crippen LogP contribution in [0.1, 0.15) is 27.7 Å². The fourth-order valence-electron chi connectivity index (χ4n) is 2.94. The van der Waals surface area contributed by atoms with Crippen LogP contribution in [-0.4, -0.2) is 46.7 Å². The maximum atomic E-state index is 6.00. The van der Waals surface area contributed by atoms with Crippen molar-refractivity contribution in [3.05, 3.63) is 0 Å². The van der Waals surface area contributed by atoms with Crippen molar-refractivity contribution in [1.29, 1.82) is 0 Å². The summed E-state index contributed by atoms with van der Waals surface area (Å²) in [7, 11) is 0. The molecule has 0 spiro atoms. The summed E-state index contributed by atoms with van der Waals surface area (Å²) in [6, 6.07) is 0. The Morgan fingerprint density at radius 3 is 2.44 bits per heavy atom. The Morgan fingerprint density at radius 2 is 1.78 bits per heavy atom. The molecule has 0 bridgehead atoms. The van der Waals surface area contributed by atoms with Crippen molar-refractivity contribution in [3.63, 3.8) is 0 Å². The average Bonchev–Trinajstić information content (AvgIpc) is 2.70. The van der Waals surface area contributed by atoms with Gasteiger partial charge in [-0.25, -0.2) is 0 Å². The molecule has 0 aromatic rings. The van der Waals surface area contributed by atoms with E-state index in [0.29, 0.717) is 11.0 Å². The van der Waals surface area contributed by atoms with Crippen LogP contribution in [0.25, 0.3) is 0 Å². The van der Waals surface area contributed by atoms with E-state index in [1.807, 2.05) is 27.7 Å². The number of rotatable bonds is 1. The molecule has 0 unspecified atom stereocenters. The fraction of sp³-hybridized carbons (Fsp3) is 1.00. The smallest absolute Gasteiger partial charge is 0.209 e. The minimum absolute atomic E-state index is 0.0847. The van der Waals surface area contributed by atoms with Gasteiger partial charge in [0, 0.05) is 0 Å². The minimum atomic E-state index is -0.713. The number of alkyl halides is 1. The zero-order valence-corrected chi connectivity index (χ0v) is 13.2. The van der Waals surface area contributed by atoms with E-state index in [4.69, 9.17) is 23.7 Å². The molecular formula is C12H19IO5. The number of halogens is 1.